The van der Waals surface area contributed by atoms with Crippen molar-refractivity contribution in [3.05, 3.63) is 53.6 Å². The van der Waals surface area contributed by atoms with E-state index in [-0.39, 0.29) is 24.2 Å². The van der Waals surface area contributed by atoms with Crippen molar-refractivity contribution in [3.8, 4) is 5.75 Å². The molecule has 2 aliphatic rings. The summed E-state index contributed by atoms with van der Waals surface area (Å²) in [4.78, 5) is 31.6. The molecule has 0 bridgehead atoms. The average molecular weight is 428 g/mol. The quantitative estimate of drug-likeness (QED) is 0.733. The van der Waals surface area contributed by atoms with Gasteiger partial charge in [-0.25, -0.2) is 0 Å². The van der Waals surface area contributed by atoms with Crippen molar-refractivity contribution in [3.63, 3.8) is 0 Å². The van der Waals surface area contributed by atoms with Gasteiger partial charge in [-0.1, -0.05) is 35.9 Å². The van der Waals surface area contributed by atoms with Crippen LogP contribution in [0.3, 0.4) is 0 Å². The molecule has 1 unspecified atom stereocenters. The standard InChI is InChI=1S/C23H26ClN3O3/c1-2-30-21-10-6-5-9-20(21)27-16-17(15-22(27)28)23(29)26-13-11-25(12-14-26)19-8-4-3-7-18(19)24/h3-10,17H,2,11-16H2,1H3. The van der Waals surface area contributed by atoms with Gasteiger partial charge < -0.3 is 19.4 Å². The number of anilines is 2. The Balaban J connectivity index is 1.40. The first kappa shape index (κ1) is 20.5. The molecule has 1 atom stereocenters. The van der Waals surface area contributed by atoms with Crippen molar-refractivity contribution >= 4 is 34.8 Å². The number of para-hydroxylation sites is 3. The molecule has 7 heteroatoms. The van der Waals surface area contributed by atoms with Gasteiger partial charge in [-0.2, -0.15) is 0 Å². The summed E-state index contributed by atoms with van der Waals surface area (Å²) < 4.78 is 5.67. The molecule has 0 aliphatic carbocycles. The minimum atomic E-state index is -0.320. The van der Waals surface area contributed by atoms with Crippen LogP contribution in [0, 0.1) is 5.92 Å². The minimum absolute atomic E-state index is 0.0322. The van der Waals surface area contributed by atoms with Crippen LogP contribution in [0.15, 0.2) is 48.5 Å². The van der Waals surface area contributed by atoms with Gasteiger partial charge in [0, 0.05) is 39.1 Å². The van der Waals surface area contributed by atoms with Crippen LogP contribution < -0.4 is 14.5 Å². The molecule has 2 saturated heterocycles. The minimum Gasteiger partial charge on any atom is -0.492 e. The third-order valence-electron chi connectivity index (χ3n) is 5.71. The van der Waals surface area contributed by atoms with Crippen LogP contribution in [-0.2, 0) is 9.59 Å². The SMILES string of the molecule is CCOc1ccccc1N1CC(C(=O)N2CCN(c3ccccc3Cl)CC2)CC1=O. The average Bonchev–Trinajstić information content (AvgIpc) is 3.16. The zero-order valence-corrected chi connectivity index (χ0v) is 17.8. The molecule has 158 valence electrons. The second-order valence-electron chi connectivity index (χ2n) is 7.57. The van der Waals surface area contributed by atoms with Gasteiger partial charge >= 0.3 is 0 Å². The summed E-state index contributed by atoms with van der Waals surface area (Å²) in [6, 6.07) is 15.3. The Bertz CT molecular complexity index is 927. The van der Waals surface area contributed by atoms with Crippen LogP contribution in [0.5, 0.6) is 5.75 Å². The summed E-state index contributed by atoms with van der Waals surface area (Å²) in [5, 5.41) is 0.724. The topological polar surface area (TPSA) is 53.1 Å². The number of carbonyl (C=O) groups is 2. The van der Waals surface area contributed by atoms with E-state index < -0.39 is 0 Å². The molecule has 6 nitrogen and oxygen atoms in total. The fraction of sp³-hybridized carbons (Fsp3) is 0.391. The summed E-state index contributed by atoms with van der Waals surface area (Å²) >= 11 is 6.31. The molecular formula is C23H26ClN3O3. The number of amides is 2. The zero-order valence-electron chi connectivity index (χ0n) is 17.1. The van der Waals surface area contributed by atoms with E-state index >= 15 is 0 Å². The maximum atomic E-state index is 13.1. The van der Waals surface area contributed by atoms with Crippen molar-refractivity contribution in [2.75, 3.05) is 49.1 Å². The Morgan fingerprint density at radius 2 is 1.70 bits per heavy atom. The normalized spacial score (nSPS) is 19.3. The predicted molar refractivity (Wildman–Crippen MR) is 118 cm³/mol. The number of piperazine rings is 1. The molecule has 0 N–H and O–H groups in total. The maximum Gasteiger partial charge on any atom is 0.228 e. The van der Waals surface area contributed by atoms with Crippen molar-refractivity contribution in [2.45, 2.75) is 13.3 Å². The van der Waals surface area contributed by atoms with Crippen LogP contribution in [0.25, 0.3) is 0 Å². The van der Waals surface area contributed by atoms with Gasteiger partial charge in [0.25, 0.3) is 0 Å². The Morgan fingerprint density at radius 1 is 1.03 bits per heavy atom. The van der Waals surface area contributed by atoms with E-state index in [4.69, 9.17) is 16.3 Å². The molecule has 2 heterocycles. The van der Waals surface area contributed by atoms with E-state index in [1.54, 1.807) is 4.90 Å². The molecule has 2 aromatic rings. The molecule has 0 saturated carbocycles. The largest absolute Gasteiger partial charge is 0.492 e. The number of hydrogen-bond acceptors (Lipinski definition) is 4. The van der Waals surface area contributed by atoms with E-state index in [2.05, 4.69) is 4.90 Å². The summed E-state index contributed by atoms with van der Waals surface area (Å²) in [5.41, 5.74) is 1.74. The number of rotatable bonds is 5. The Hall–Kier alpha value is -2.73. The first-order chi connectivity index (χ1) is 14.6. The van der Waals surface area contributed by atoms with Crippen molar-refractivity contribution < 1.29 is 14.3 Å². The molecule has 2 aromatic carbocycles. The second-order valence-corrected chi connectivity index (χ2v) is 7.98. The van der Waals surface area contributed by atoms with Gasteiger partial charge in [-0.05, 0) is 31.2 Å². The predicted octanol–water partition coefficient (Wildman–Crippen LogP) is 3.44. The van der Waals surface area contributed by atoms with Crippen LogP contribution in [-0.4, -0.2) is 56.0 Å². The highest BCUT2D eigenvalue weighted by Crippen LogP contribution is 2.34. The second kappa shape index (κ2) is 8.96. The van der Waals surface area contributed by atoms with Gasteiger partial charge in [-0.15, -0.1) is 0 Å². The summed E-state index contributed by atoms with van der Waals surface area (Å²) in [6.45, 7) is 5.55. The highest BCUT2D eigenvalue weighted by molar-refractivity contribution is 6.33. The zero-order chi connectivity index (χ0) is 21.1. The lowest BCUT2D eigenvalue weighted by molar-refractivity contribution is -0.136. The fourth-order valence-corrected chi connectivity index (χ4v) is 4.45. The van der Waals surface area contributed by atoms with Gasteiger partial charge in [0.05, 0.1) is 28.9 Å². The van der Waals surface area contributed by atoms with Crippen LogP contribution >= 0.6 is 11.6 Å². The Labute approximate surface area is 182 Å². The monoisotopic (exact) mass is 427 g/mol. The van der Waals surface area contributed by atoms with Crippen molar-refractivity contribution in [2.24, 2.45) is 5.92 Å². The van der Waals surface area contributed by atoms with Gasteiger partial charge in [0.1, 0.15) is 5.75 Å². The number of hydrogen-bond donors (Lipinski definition) is 0. The molecule has 0 spiro atoms. The molecule has 4 rings (SSSR count). The van der Waals surface area contributed by atoms with Crippen LogP contribution in [0.4, 0.5) is 11.4 Å². The molecule has 30 heavy (non-hydrogen) atoms. The number of halogens is 1. The number of benzene rings is 2. The number of carbonyl (C=O) groups excluding carboxylic acids is 2. The highest BCUT2D eigenvalue weighted by atomic mass is 35.5. The molecule has 2 amide bonds. The maximum absolute atomic E-state index is 13.1. The highest BCUT2D eigenvalue weighted by Gasteiger charge is 2.38. The summed E-state index contributed by atoms with van der Waals surface area (Å²) in [5.74, 6) is 0.377. The summed E-state index contributed by atoms with van der Waals surface area (Å²) in [6.07, 6.45) is 0.240. The lowest BCUT2D eigenvalue weighted by Gasteiger charge is -2.37. The first-order valence-electron chi connectivity index (χ1n) is 10.4. The third-order valence-corrected chi connectivity index (χ3v) is 6.03. The molecule has 0 aromatic heterocycles. The number of ether oxygens (including phenoxy) is 1. The number of nitrogens with zero attached hydrogens (tertiary/aromatic N) is 3. The first-order valence-corrected chi connectivity index (χ1v) is 10.8. The smallest absolute Gasteiger partial charge is 0.228 e. The van der Waals surface area contributed by atoms with Crippen molar-refractivity contribution in [1.82, 2.24) is 4.90 Å². The third kappa shape index (κ3) is 4.10. The van der Waals surface area contributed by atoms with E-state index in [1.807, 2.05) is 60.4 Å². The van der Waals surface area contributed by atoms with Gasteiger partial charge in [-0.3, -0.25) is 9.59 Å². The van der Waals surface area contributed by atoms with E-state index in [0.29, 0.717) is 32.0 Å². The molecular weight excluding hydrogens is 402 g/mol. The van der Waals surface area contributed by atoms with Crippen LogP contribution in [0.1, 0.15) is 13.3 Å². The van der Waals surface area contributed by atoms with E-state index in [1.165, 1.54) is 0 Å². The molecule has 2 aliphatic heterocycles. The lowest BCUT2D eigenvalue weighted by Crippen LogP contribution is -2.50. The lowest BCUT2D eigenvalue weighted by atomic mass is 10.1. The van der Waals surface area contributed by atoms with E-state index in [0.717, 1.165) is 29.5 Å². The molecule has 2 fully saturated rings. The van der Waals surface area contributed by atoms with Gasteiger partial charge in [0.15, 0.2) is 0 Å². The summed E-state index contributed by atoms with van der Waals surface area (Å²) in [7, 11) is 0. The van der Waals surface area contributed by atoms with Crippen molar-refractivity contribution in [1.29, 1.82) is 0 Å². The fourth-order valence-electron chi connectivity index (χ4n) is 4.20. The van der Waals surface area contributed by atoms with Gasteiger partial charge in [0.2, 0.25) is 11.8 Å². The van der Waals surface area contributed by atoms with Crippen LogP contribution in [0.2, 0.25) is 5.02 Å². The van der Waals surface area contributed by atoms with E-state index in [9.17, 15) is 9.59 Å². The Morgan fingerprint density at radius 3 is 2.40 bits per heavy atom. The molecule has 0 radical (unpaired) electrons. The Kier molecular flexibility index (Phi) is 6.13.